The maximum absolute atomic E-state index is 12.1. The molecule has 29 heavy (non-hydrogen) atoms. The first-order valence-electron chi connectivity index (χ1n) is 10.3. The van der Waals surface area contributed by atoms with E-state index in [0.29, 0.717) is 43.2 Å². The second-order valence-electron chi connectivity index (χ2n) is 7.46. The third kappa shape index (κ3) is 8.38. The van der Waals surface area contributed by atoms with Gasteiger partial charge in [0.1, 0.15) is 5.75 Å². The second-order valence-corrected chi connectivity index (χ2v) is 7.46. The van der Waals surface area contributed by atoms with Crippen LogP contribution in [0.15, 0.2) is 48.5 Å². The van der Waals surface area contributed by atoms with Gasteiger partial charge in [0.25, 0.3) is 0 Å². The Morgan fingerprint density at radius 1 is 1.00 bits per heavy atom. The van der Waals surface area contributed by atoms with Crippen LogP contribution in [0.2, 0.25) is 0 Å². The number of benzene rings is 2. The molecule has 0 unspecified atom stereocenters. The molecule has 0 aromatic heterocycles. The van der Waals surface area contributed by atoms with Gasteiger partial charge >= 0.3 is 5.97 Å². The van der Waals surface area contributed by atoms with Gasteiger partial charge in [-0.1, -0.05) is 39.3 Å². The summed E-state index contributed by atoms with van der Waals surface area (Å²) in [7, 11) is 0. The molecule has 0 spiro atoms. The zero-order chi connectivity index (χ0) is 21.1. The number of esters is 1. The molecule has 2 aromatic rings. The fraction of sp³-hybridized carbons (Fsp3) is 0.417. The zero-order valence-corrected chi connectivity index (χ0v) is 17.6. The lowest BCUT2D eigenvalue weighted by molar-refractivity contribution is -0.116. The Kier molecular flexibility index (Phi) is 9.22. The molecule has 5 nitrogen and oxygen atoms in total. The van der Waals surface area contributed by atoms with E-state index >= 15 is 0 Å². The number of aryl methyl sites for hydroxylation is 1. The zero-order valence-electron chi connectivity index (χ0n) is 17.6. The molecule has 0 fully saturated rings. The normalized spacial score (nSPS) is 10.6. The summed E-state index contributed by atoms with van der Waals surface area (Å²) in [5.41, 5.74) is 2.43. The lowest BCUT2D eigenvalue weighted by Crippen LogP contribution is -2.13. The van der Waals surface area contributed by atoms with Crippen molar-refractivity contribution in [1.29, 1.82) is 0 Å². The average Bonchev–Trinajstić information content (AvgIpc) is 2.71. The summed E-state index contributed by atoms with van der Waals surface area (Å²) >= 11 is 0. The van der Waals surface area contributed by atoms with E-state index in [0.717, 1.165) is 18.6 Å². The Morgan fingerprint density at radius 2 is 1.69 bits per heavy atom. The number of hydrogen-bond acceptors (Lipinski definition) is 4. The molecule has 2 rings (SSSR count). The molecule has 0 aliphatic heterocycles. The summed E-state index contributed by atoms with van der Waals surface area (Å²) in [6, 6.07) is 14.8. The first-order valence-corrected chi connectivity index (χ1v) is 10.3. The van der Waals surface area contributed by atoms with Gasteiger partial charge in [0, 0.05) is 12.1 Å². The van der Waals surface area contributed by atoms with Crippen molar-refractivity contribution in [3.05, 3.63) is 59.7 Å². The van der Waals surface area contributed by atoms with Gasteiger partial charge in [-0.05, 0) is 60.7 Å². The number of rotatable bonds is 11. The minimum atomic E-state index is -0.351. The molecule has 1 amide bonds. The van der Waals surface area contributed by atoms with E-state index < -0.39 is 0 Å². The van der Waals surface area contributed by atoms with Gasteiger partial charge in [-0.2, -0.15) is 0 Å². The third-order valence-electron chi connectivity index (χ3n) is 4.23. The van der Waals surface area contributed by atoms with E-state index in [4.69, 9.17) is 9.47 Å². The Balaban J connectivity index is 1.68. The molecular formula is C24H31NO4. The first kappa shape index (κ1) is 22.5. The monoisotopic (exact) mass is 397 g/mol. The van der Waals surface area contributed by atoms with E-state index in [9.17, 15) is 9.59 Å². The van der Waals surface area contributed by atoms with Crippen LogP contribution in [0.3, 0.4) is 0 Å². The number of anilines is 1. The van der Waals surface area contributed by atoms with Crippen LogP contribution >= 0.6 is 0 Å². The van der Waals surface area contributed by atoms with Gasteiger partial charge in [0.05, 0.1) is 18.8 Å². The highest BCUT2D eigenvalue weighted by Gasteiger charge is 2.09. The number of amides is 1. The SMILES string of the molecule is CCCc1ccc(OCCCC(=O)Nc2ccc(C(=O)OCC(C)C)cc2)cc1. The molecule has 1 N–H and O–H groups in total. The van der Waals surface area contributed by atoms with Crippen molar-refractivity contribution in [1.82, 2.24) is 0 Å². The summed E-state index contributed by atoms with van der Waals surface area (Å²) in [5, 5.41) is 2.83. The number of hydrogen-bond donors (Lipinski definition) is 1. The summed E-state index contributed by atoms with van der Waals surface area (Å²) in [6.45, 7) is 7.01. The Bertz CT molecular complexity index is 766. The second kappa shape index (κ2) is 11.9. The highest BCUT2D eigenvalue weighted by molar-refractivity contribution is 5.93. The Morgan fingerprint density at radius 3 is 2.31 bits per heavy atom. The van der Waals surface area contributed by atoms with Crippen LogP contribution in [-0.4, -0.2) is 25.1 Å². The average molecular weight is 398 g/mol. The predicted octanol–water partition coefficient (Wildman–Crippen LogP) is 5.25. The number of carbonyl (C=O) groups excluding carboxylic acids is 2. The molecule has 2 aromatic carbocycles. The standard InChI is InChI=1S/C24H31NO4/c1-4-6-19-8-14-22(15-9-19)28-16-5-7-23(26)25-21-12-10-20(11-13-21)24(27)29-17-18(2)3/h8-15,18H,4-7,16-17H2,1-3H3,(H,25,26). The molecule has 0 bridgehead atoms. The molecule has 0 aliphatic carbocycles. The van der Waals surface area contributed by atoms with Crippen LogP contribution in [0.25, 0.3) is 0 Å². The fourth-order valence-corrected chi connectivity index (χ4v) is 2.70. The summed E-state index contributed by atoms with van der Waals surface area (Å²) in [6.07, 6.45) is 3.19. The van der Waals surface area contributed by atoms with Gasteiger partial charge in [-0.25, -0.2) is 4.79 Å². The van der Waals surface area contributed by atoms with E-state index in [1.807, 2.05) is 26.0 Å². The molecule has 156 valence electrons. The van der Waals surface area contributed by atoms with Crippen molar-refractivity contribution in [3.8, 4) is 5.75 Å². The van der Waals surface area contributed by atoms with Crippen LogP contribution in [0.1, 0.15) is 56.0 Å². The predicted molar refractivity (Wildman–Crippen MR) is 115 cm³/mol. The van der Waals surface area contributed by atoms with Gasteiger partial charge in [0.15, 0.2) is 0 Å². The molecular weight excluding hydrogens is 366 g/mol. The van der Waals surface area contributed by atoms with Crippen LogP contribution < -0.4 is 10.1 Å². The van der Waals surface area contributed by atoms with Crippen molar-refractivity contribution in [3.63, 3.8) is 0 Å². The van der Waals surface area contributed by atoms with E-state index in [1.165, 1.54) is 5.56 Å². The molecule has 0 aliphatic rings. The van der Waals surface area contributed by atoms with Crippen LogP contribution in [0.4, 0.5) is 5.69 Å². The summed E-state index contributed by atoms with van der Waals surface area (Å²) < 4.78 is 10.9. The smallest absolute Gasteiger partial charge is 0.338 e. The van der Waals surface area contributed by atoms with E-state index in [-0.39, 0.29) is 11.9 Å². The van der Waals surface area contributed by atoms with Crippen LogP contribution in [0.5, 0.6) is 5.75 Å². The number of ether oxygens (including phenoxy) is 2. The number of carbonyl (C=O) groups is 2. The van der Waals surface area contributed by atoms with Crippen molar-refractivity contribution in [2.45, 2.75) is 46.5 Å². The maximum atomic E-state index is 12.1. The highest BCUT2D eigenvalue weighted by atomic mass is 16.5. The van der Waals surface area contributed by atoms with E-state index in [1.54, 1.807) is 24.3 Å². The highest BCUT2D eigenvalue weighted by Crippen LogP contribution is 2.15. The van der Waals surface area contributed by atoms with Gasteiger partial charge in [-0.3, -0.25) is 4.79 Å². The first-order chi connectivity index (χ1) is 14.0. The quantitative estimate of drug-likeness (QED) is 0.415. The van der Waals surface area contributed by atoms with Crippen molar-refractivity contribution in [2.24, 2.45) is 5.92 Å². The lowest BCUT2D eigenvalue weighted by atomic mass is 10.1. The van der Waals surface area contributed by atoms with Crippen molar-refractivity contribution < 1.29 is 19.1 Å². The maximum Gasteiger partial charge on any atom is 0.338 e. The van der Waals surface area contributed by atoms with Crippen molar-refractivity contribution >= 4 is 17.6 Å². The minimum absolute atomic E-state index is 0.0815. The topological polar surface area (TPSA) is 64.6 Å². The molecule has 5 heteroatoms. The summed E-state index contributed by atoms with van der Waals surface area (Å²) in [4.78, 5) is 24.0. The molecule has 0 saturated carbocycles. The Hall–Kier alpha value is -2.82. The third-order valence-corrected chi connectivity index (χ3v) is 4.23. The lowest BCUT2D eigenvalue weighted by Gasteiger charge is -2.09. The molecule has 0 saturated heterocycles. The van der Waals surface area contributed by atoms with Crippen LogP contribution in [0, 0.1) is 5.92 Å². The summed E-state index contributed by atoms with van der Waals surface area (Å²) in [5.74, 6) is 0.686. The molecule has 0 radical (unpaired) electrons. The minimum Gasteiger partial charge on any atom is -0.494 e. The van der Waals surface area contributed by atoms with E-state index in [2.05, 4.69) is 24.4 Å². The largest absolute Gasteiger partial charge is 0.494 e. The van der Waals surface area contributed by atoms with Gasteiger partial charge < -0.3 is 14.8 Å². The van der Waals surface area contributed by atoms with Gasteiger partial charge in [0.2, 0.25) is 5.91 Å². The fourth-order valence-electron chi connectivity index (χ4n) is 2.70. The molecule has 0 atom stereocenters. The van der Waals surface area contributed by atoms with Crippen molar-refractivity contribution in [2.75, 3.05) is 18.5 Å². The Labute approximate surface area is 173 Å². The number of nitrogens with one attached hydrogen (secondary N) is 1. The molecule has 0 heterocycles. The van der Waals surface area contributed by atoms with Gasteiger partial charge in [-0.15, -0.1) is 0 Å². The van der Waals surface area contributed by atoms with Crippen LogP contribution in [-0.2, 0) is 16.0 Å².